The van der Waals surface area contributed by atoms with E-state index >= 15 is 0 Å². The molecule has 0 aliphatic rings. The third kappa shape index (κ3) is 2.54. The standard InChI is InChI=1S/C14H18O3/c1-5-17-13(16)14(4,11(3)15)12-8-6-7-10(2)9-12/h6-9H,5H2,1-4H3. The summed E-state index contributed by atoms with van der Waals surface area (Å²) in [4.78, 5) is 23.8. The lowest BCUT2D eigenvalue weighted by atomic mass is 9.78. The Kier molecular flexibility index (Phi) is 4.05. The van der Waals surface area contributed by atoms with Gasteiger partial charge in [0.05, 0.1) is 6.61 Å². The van der Waals surface area contributed by atoms with Gasteiger partial charge in [0.15, 0.2) is 5.78 Å². The lowest BCUT2D eigenvalue weighted by Gasteiger charge is -2.25. The summed E-state index contributed by atoms with van der Waals surface area (Å²) in [7, 11) is 0. The van der Waals surface area contributed by atoms with Gasteiger partial charge < -0.3 is 4.74 Å². The molecule has 0 heterocycles. The molecule has 3 nitrogen and oxygen atoms in total. The van der Waals surface area contributed by atoms with Crippen LogP contribution in [-0.2, 0) is 19.7 Å². The van der Waals surface area contributed by atoms with Crippen LogP contribution in [0.4, 0.5) is 0 Å². The number of rotatable bonds is 4. The van der Waals surface area contributed by atoms with Crippen molar-refractivity contribution >= 4 is 11.8 Å². The van der Waals surface area contributed by atoms with Crippen LogP contribution < -0.4 is 0 Å². The van der Waals surface area contributed by atoms with E-state index < -0.39 is 11.4 Å². The van der Waals surface area contributed by atoms with E-state index in [0.29, 0.717) is 5.56 Å². The smallest absolute Gasteiger partial charge is 0.323 e. The monoisotopic (exact) mass is 234 g/mol. The van der Waals surface area contributed by atoms with E-state index in [0.717, 1.165) is 5.56 Å². The number of Topliss-reactive ketones (excluding diaryl/α,β-unsaturated/α-hetero) is 1. The second kappa shape index (κ2) is 5.13. The first kappa shape index (κ1) is 13.4. The molecular weight excluding hydrogens is 216 g/mol. The van der Waals surface area contributed by atoms with E-state index in [9.17, 15) is 9.59 Å². The number of benzene rings is 1. The van der Waals surface area contributed by atoms with Gasteiger partial charge in [-0.25, -0.2) is 0 Å². The normalized spacial score (nSPS) is 13.9. The first-order chi connectivity index (χ1) is 7.92. The summed E-state index contributed by atoms with van der Waals surface area (Å²) in [6.07, 6.45) is 0. The molecule has 17 heavy (non-hydrogen) atoms. The Hall–Kier alpha value is -1.64. The molecule has 0 amide bonds. The van der Waals surface area contributed by atoms with Gasteiger partial charge in [-0.2, -0.15) is 0 Å². The van der Waals surface area contributed by atoms with Gasteiger partial charge in [0.25, 0.3) is 0 Å². The van der Waals surface area contributed by atoms with Gasteiger partial charge in [-0.05, 0) is 33.3 Å². The molecule has 0 radical (unpaired) electrons. The second-order valence-corrected chi connectivity index (χ2v) is 4.27. The van der Waals surface area contributed by atoms with Crippen molar-refractivity contribution in [3.63, 3.8) is 0 Å². The number of carbonyl (C=O) groups excluding carboxylic acids is 2. The Morgan fingerprint density at radius 3 is 2.47 bits per heavy atom. The Morgan fingerprint density at radius 1 is 1.35 bits per heavy atom. The molecule has 1 atom stereocenters. The molecule has 0 bridgehead atoms. The summed E-state index contributed by atoms with van der Waals surface area (Å²) in [5, 5.41) is 0. The van der Waals surface area contributed by atoms with Gasteiger partial charge in [-0.15, -0.1) is 0 Å². The highest BCUT2D eigenvalue weighted by Crippen LogP contribution is 2.27. The zero-order chi connectivity index (χ0) is 13.1. The number of carbonyl (C=O) groups is 2. The van der Waals surface area contributed by atoms with Gasteiger partial charge in [0, 0.05) is 0 Å². The van der Waals surface area contributed by atoms with Crippen molar-refractivity contribution in [2.24, 2.45) is 0 Å². The highest BCUT2D eigenvalue weighted by Gasteiger charge is 2.41. The summed E-state index contributed by atoms with van der Waals surface area (Å²) in [5.74, 6) is -0.695. The fourth-order valence-electron chi connectivity index (χ4n) is 1.70. The maximum Gasteiger partial charge on any atom is 0.323 e. The van der Waals surface area contributed by atoms with Crippen LogP contribution in [0, 0.1) is 6.92 Å². The topological polar surface area (TPSA) is 43.4 Å². The van der Waals surface area contributed by atoms with Crippen molar-refractivity contribution in [2.75, 3.05) is 6.61 Å². The minimum Gasteiger partial charge on any atom is -0.465 e. The van der Waals surface area contributed by atoms with E-state index in [4.69, 9.17) is 4.74 Å². The average Bonchev–Trinajstić information content (AvgIpc) is 2.27. The van der Waals surface area contributed by atoms with E-state index in [-0.39, 0.29) is 12.4 Å². The molecule has 3 heteroatoms. The first-order valence-electron chi connectivity index (χ1n) is 5.68. The Balaban J connectivity index is 3.25. The van der Waals surface area contributed by atoms with Crippen molar-refractivity contribution in [2.45, 2.75) is 33.1 Å². The van der Waals surface area contributed by atoms with Crippen LogP contribution in [0.3, 0.4) is 0 Å². The van der Waals surface area contributed by atoms with Crippen LogP contribution >= 0.6 is 0 Å². The lowest BCUT2D eigenvalue weighted by molar-refractivity contribution is -0.152. The minimum absolute atomic E-state index is 0.207. The van der Waals surface area contributed by atoms with Crippen LogP contribution in [-0.4, -0.2) is 18.4 Å². The Morgan fingerprint density at radius 2 is 2.00 bits per heavy atom. The van der Waals surface area contributed by atoms with Gasteiger partial charge in [0.1, 0.15) is 5.41 Å². The summed E-state index contributed by atoms with van der Waals surface area (Å²) in [6, 6.07) is 7.39. The maximum atomic E-state index is 12.0. The molecule has 0 aromatic heterocycles. The molecule has 1 rings (SSSR count). The molecule has 0 aliphatic carbocycles. The number of aryl methyl sites for hydroxylation is 1. The molecule has 0 fully saturated rings. The largest absolute Gasteiger partial charge is 0.465 e. The predicted octanol–water partition coefficient (Wildman–Crippen LogP) is 2.40. The number of ether oxygens (including phenoxy) is 1. The van der Waals surface area contributed by atoms with Crippen molar-refractivity contribution in [3.8, 4) is 0 Å². The minimum atomic E-state index is -1.21. The van der Waals surface area contributed by atoms with Crippen molar-refractivity contribution in [3.05, 3.63) is 35.4 Å². The zero-order valence-corrected chi connectivity index (χ0v) is 10.7. The van der Waals surface area contributed by atoms with Crippen molar-refractivity contribution < 1.29 is 14.3 Å². The molecule has 0 saturated heterocycles. The van der Waals surface area contributed by atoms with E-state index in [1.165, 1.54) is 6.92 Å². The van der Waals surface area contributed by atoms with Gasteiger partial charge in [0.2, 0.25) is 0 Å². The Bertz CT molecular complexity index is 437. The zero-order valence-electron chi connectivity index (χ0n) is 10.7. The molecule has 0 aliphatic heterocycles. The highest BCUT2D eigenvalue weighted by atomic mass is 16.5. The summed E-state index contributed by atoms with van der Waals surface area (Å²) in [6.45, 7) is 6.96. The molecular formula is C14H18O3. The van der Waals surface area contributed by atoms with E-state index in [2.05, 4.69) is 0 Å². The van der Waals surface area contributed by atoms with Crippen molar-refractivity contribution in [1.82, 2.24) is 0 Å². The predicted molar refractivity (Wildman–Crippen MR) is 65.8 cm³/mol. The third-order valence-electron chi connectivity index (χ3n) is 2.98. The van der Waals surface area contributed by atoms with Gasteiger partial charge in [-0.3, -0.25) is 9.59 Å². The number of hydrogen-bond donors (Lipinski definition) is 0. The van der Waals surface area contributed by atoms with Crippen LogP contribution in [0.5, 0.6) is 0 Å². The molecule has 92 valence electrons. The molecule has 1 unspecified atom stereocenters. The first-order valence-corrected chi connectivity index (χ1v) is 5.68. The van der Waals surface area contributed by atoms with Crippen LogP contribution in [0.15, 0.2) is 24.3 Å². The molecule has 1 aromatic rings. The lowest BCUT2D eigenvalue weighted by Crippen LogP contribution is -2.41. The second-order valence-electron chi connectivity index (χ2n) is 4.27. The molecule has 0 saturated carbocycles. The molecule has 0 N–H and O–H groups in total. The number of ketones is 1. The maximum absolute atomic E-state index is 12.0. The quantitative estimate of drug-likeness (QED) is 0.593. The van der Waals surface area contributed by atoms with Gasteiger partial charge >= 0.3 is 5.97 Å². The van der Waals surface area contributed by atoms with Crippen LogP contribution in [0.2, 0.25) is 0 Å². The number of esters is 1. The van der Waals surface area contributed by atoms with E-state index in [1.807, 2.05) is 25.1 Å². The summed E-state index contributed by atoms with van der Waals surface area (Å²) in [5.41, 5.74) is 0.491. The fraction of sp³-hybridized carbons (Fsp3) is 0.429. The number of hydrogen-bond acceptors (Lipinski definition) is 3. The van der Waals surface area contributed by atoms with Crippen LogP contribution in [0.1, 0.15) is 31.9 Å². The molecule has 0 spiro atoms. The SMILES string of the molecule is CCOC(=O)C(C)(C(C)=O)c1cccc(C)c1. The highest BCUT2D eigenvalue weighted by molar-refractivity contribution is 6.08. The average molecular weight is 234 g/mol. The Labute approximate surface area is 102 Å². The fourth-order valence-corrected chi connectivity index (χ4v) is 1.70. The third-order valence-corrected chi connectivity index (χ3v) is 2.98. The van der Waals surface area contributed by atoms with Gasteiger partial charge in [-0.1, -0.05) is 29.8 Å². The summed E-state index contributed by atoms with van der Waals surface area (Å²) < 4.78 is 5.00. The van der Waals surface area contributed by atoms with Crippen LogP contribution in [0.25, 0.3) is 0 Å². The summed E-state index contributed by atoms with van der Waals surface area (Å²) >= 11 is 0. The van der Waals surface area contributed by atoms with E-state index in [1.54, 1.807) is 19.9 Å². The van der Waals surface area contributed by atoms with Crippen molar-refractivity contribution in [1.29, 1.82) is 0 Å². The molecule has 1 aromatic carbocycles.